The first-order valence-electron chi connectivity index (χ1n) is 9.80. The van der Waals surface area contributed by atoms with Crippen LogP contribution in [0.2, 0.25) is 0 Å². The van der Waals surface area contributed by atoms with E-state index in [0.717, 1.165) is 10.8 Å². The van der Waals surface area contributed by atoms with E-state index in [1.54, 1.807) is 37.6 Å². The van der Waals surface area contributed by atoms with Crippen LogP contribution < -0.4 is 0 Å². The number of ether oxygens (including phenoxy) is 1. The van der Waals surface area contributed by atoms with Gasteiger partial charge in [0.05, 0.1) is 11.3 Å². The Morgan fingerprint density at radius 1 is 1.07 bits per heavy atom. The number of ketones is 1. The predicted molar refractivity (Wildman–Crippen MR) is 114 cm³/mol. The highest BCUT2D eigenvalue weighted by Crippen LogP contribution is 2.39. The molecule has 2 heterocycles. The number of likely N-dealkylation sites (tertiary alicyclic amines) is 1. The van der Waals surface area contributed by atoms with Crippen molar-refractivity contribution >= 4 is 28.2 Å². The molecule has 1 saturated heterocycles. The molecule has 30 heavy (non-hydrogen) atoms. The fourth-order valence-electron chi connectivity index (χ4n) is 3.91. The van der Waals surface area contributed by atoms with E-state index < -0.39 is 17.7 Å². The molecule has 1 aliphatic rings. The maximum atomic E-state index is 13.0. The topological polar surface area (TPSA) is 79.7 Å². The lowest BCUT2D eigenvalue weighted by Crippen LogP contribution is -2.31. The third kappa shape index (κ3) is 3.46. The highest BCUT2D eigenvalue weighted by Gasteiger charge is 2.46. The molecule has 0 radical (unpaired) electrons. The molecule has 0 bridgehead atoms. The number of fused-ring (bicyclic) bond motifs is 1. The molecule has 1 amide bonds. The van der Waals surface area contributed by atoms with E-state index >= 15 is 0 Å². The Balaban J connectivity index is 1.89. The molecule has 4 rings (SSSR count). The predicted octanol–water partition coefficient (Wildman–Crippen LogP) is 3.69. The molecular weight excluding hydrogens is 380 g/mol. The zero-order valence-corrected chi connectivity index (χ0v) is 16.6. The molecule has 2 aromatic carbocycles. The van der Waals surface area contributed by atoms with Crippen molar-refractivity contribution in [3.63, 3.8) is 0 Å². The lowest BCUT2D eigenvalue weighted by Gasteiger charge is -2.24. The highest BCUT2D eigenvalue weighted by atomic mass is 16.5. The van der Waals surface area contributed by atoms with Gasteiger partial charge in [-0.05, 0) is 29.3 Å². The molecule has 0 spiro atoms. The zero-order valence-electron chi connectivity index (χ0n) is 16.6. The van der Waals surface area contributed by atoms with Crippen LogP contribution in [0.1, 0.15) is 23.7 Å². The summed E-state index contributed by atoms with van der Waals surface area (Å²) in [7, 11) is 1.59. The van der Waals surface area contributed by atoms with Gasteiger partial charge in [0, 0.05) is 32.0 Å². The van der Waals surface area contributed by atoms with Crippen LogP contribution in [0.5, 0.6) is 0 Å². The van der Waals surface area contributed by atoms with Crippen molar-refractivity contribution in [2.75, 3.05) is 20.3 Å². The molecule has 1 atom stereocenters. The van der Waals surface area contributed by atoms with E-state index in [2.05, 4.69) is 4.98 Å². The van der Waals surface area contributed by atoms with Crippen LogP contribution in [0.15, 0.2) is 72.4 Å². The van der Waals surface area contributed by atoms with E-state index in [1.165, 1.54) is 4.90 Å². The van der Waals surface area contributed by atoms with Crippen molar-refractivity contribution in [3.8, 4) is 0 Å². The first kappa shape index (κ1) is 19.8. The Morgan fingerprint density at radius 3 is 2.60 bits per heavy atom. The van der Waals surface area contributed by atoms with Crippen molar-refractivity contribution in [3.05, 3.63) is 83.7 Å². The fourth-order valence-corrected chi connectivity index (χ4v) is 3.91. The van der Waals surface area contributed by atoms with E-state index in [1.807, 2.05) is 36.4 Å². The van der Waals surface area contributed by atoms with Crippen LogP contribution in [0.4, 0.5) is 0 Å². The number of methoxy groups -OCH3 is 1. The zero-order chi connectivity index (χ0) is 21.1. The molecule has 0 aliphatic carbocycles. The maximum Gasteiger partial charge on any atom is 0.295 e. The SMILES string of the molecule is COCCCN1C(=O)C(=O)/C(=C(\O)c2cccc3ccccc23)C1c1ccccn1. The van der Waals surface area contributed by atoms with Gasteiger partial charge in [0.1, 0.15) is 11.8 Å². The second kappa shape index (κ2) is 8.47. The molecule has 0 saturated carbocycles. The minimum Gasteiger partial charge on any atom is -0.507 e. The Labute approximate surface area is 174 Å². The number of carbonyl (C=O) groups excluding carboxylic acids is 2. The van der Waals surface area contributed by atoms with Crippen LogP contribution in [-0.2, 0) is 14.3 Å². The molecule has 6 heteroatoms. The number of carbonyl (C=O) groups is 2. The monoisotopic (exact) mass is 402 g/mol. The molecule has 1 unspecified atom stereocenters. The number of pyridine rings is 1. The van der Waals surface area contributed by atoms with Gasteiger partial charge in [0.25, 0.3) is 11.7 Å². The first-order valence-corrected chi connectivity index (χ1v) is 9.80. The minimum absolute atomic E-state index is 0.0625. The molecule has 1 aliphatic heterocycles. The van der Waals surface area contributed by atoms with Crippen LogP contribution in [0, 0.1) is 0 Å². The summed E-state index contributed by atoms with van der Waals surface area (Å²) in [6.07, 6.45) is 2.18. The molecule has 6 nitrogen and oxygen atoms in total. The third-order valence-electron chi connectivity index (χ3n) is 5.30. The summed E-state index contributed by atoms with van der Waals surface area (Å²) in [6.45, 7) is 0.785. The normalized spacial score (nSPS) is 18.3. The second-order valence-electron chi connectivity index (χ2n) is 7.12. The Kier molecular flexibility index (Phi) is 5.59. The third-order valence-corrected chi connectivity index (χ3v) is 5.30. The van der Waals surface area contributed by atoms with E-state index in [-0.39, 0.29) is 11.3 Å². The minimum atomic E-state index is -0.748. The summed E-state index contributed by atoms with van der Waals surface area (Å²) in [5.74, 6) is -1.52. The van der Waals surface area contributed by atoms with Crippen LogP contribution in [0.3, 0.4) is 0 Å². The van der Waals surface area contributed by atoms with Crippen LogP contribution >= 0.6 is 0 Å². The molecular formula is C24H22N2O4. The number of Topliss-reactive ketones (excluding diaryl/α,β-unsaturated/α-hetero) is 1. The number of aromatic nitrogens is 1. The van der Waals surface area contributed by atoms with Gasteiger partial charge in [-0.1, -0.05) is 48.5 Å². The Bertz CT molecular complexity index is 1120. The van der Waals surface area contributed by atoms with Gasteiger partial charge in [0.2, 0.25) is 0 Å². The number of aliphatic hydroxyl groups is 1. The Morgan fingerprint density at radius 2 is 1.83 bits per heavy atom. The number of aliphatic hydroxyl groups excluding tert-OH is 1. The molecule has 152 valence electrons. The molecule has 3 aromatic rings. The number of hydrogen-bond donors (Lipinski definition) is 1. The van der Waals surface area contributed by atoms with Crippen LogP contribution in [-0.4, -0.2) is 46.9 Å². The summed E-state index contributed by atoms with van der Waals surface area (Å²) >= 11 is 0. The summed E-state index contributed by atoms with van der Waals surface area (Å²) in [4.78, 5) is 31.7. The van der Waals surface area contributed by atoms with Crippen LogP contribution in [0.25, 0.3) is 16.5 Å². The van der Waals surface area contributed by atoms with Gasteiger partial charge < -0.3 is 14.7 Å². The van der Waals surface area contributed by atoms with Gasteiger partial charge in [-0.15, -0.1) is 0 Å². The number of hydrogen-bond acceptors (Lipinski definition) is 5. The maximum absolute atomic E-state index is 13.0. The van der Waals surface area contributed by atoms with Gasteiger partial charge in [-0.25, -0.2) is 0 Å². The number of benzene rings is 2. The molecule has 1 aromatic heterocycles. The second-order valence-corrected chi connectivity index (χ2v) is 7.12. The van der Waals surface area contributed by atoms with Crippen molar-refractivity contribution in [1.29, 1.82) is 0 Å². The lowest BCUT2D eigenvalue weighted by atomic mass is 9.95. The molecule has 1 N–H and O–H groups in total. The van der Waals surface area contributed by atoms with Crippen molar-refractivity contribution in [1.82, 2.24) is 9.88 Å². The van der Waals surface area contributed by atoms with Gasteiger partial charge in [-0.3, -0.25) is 14.6 Å². The quantitative estimate of drug-likeness (QED) is 0.294. The summed E-state index contributed by atoms with van der Waals surface area (Å²) in [6, 6.07) is 17.7. The largest absolute Gasteiger partial charge is 0.507 e. The number of amides is 1. The standard InChI is InChI=1S/C24H22N2O4/c1-30-15-7-14-26-21(19-12-4-5-13-25-19)20(23(28)24(26)29)22(27)18-11-6-9-16-8-2-3-10-17(16)18/h2-6,8-13,21,27H,7,14-15H2,1H3/b22-20-. The van der Waals surface area contributed by atoms with Gasteiger partial charge in [-0.2, -0.15) is 0 Å². The number of nitrogens with zero attached hydrogens (tertiary/aromatic N) is 2. The lowest BCUT2D eigenvalue weighted by molar-refractivity contribution is -0.140. The van der Waals surface area contributed by atoms with E-state index in [4.69, 9.17) is 4.74 Å². The summed E-state index contributed by atoms with van der Waals surface area (Å²) in [5.41, 5.74) is 1.12. The molecule has 1 fully saturated rings. The average Bonchev–Trinajstić information content (AvgIpc) is 3.04. The van der Waals surface area contributed by atoms with Crippen molar-refractivity contribution in [2.24, 2.45) is 0 Å². The first-order chi connectivity index (χ1) is 14.6. The summed E-state index contributed by atoms with van der Waals surface area (Å²) in [5, 5.41) is 13.0. The van der Waals surface area contributed by atoms with Crippen molar-refractivity contribution in [2.45, 2.75) is 12.5 Å². The summed E-state index contributed by atoms with van der Waals surface area (Å²) < 4.78 is 5.10. The van der Waals surface area contributed by atoms with E-state index in [9.17, 15) is 14.7 Å². The van der Waals surface area contributed by atoms with Crippen molar-refractivity contribution < 1.29 is 19.4 Å². The number of rotatable bonds is 6. The smallest absolute Gasteiger partial charge is 0.295 e. The average molecular weight is 402 g/mol. The van der Waals surface area contributed by atoms with E-state index in [0.29, 0.717) is 30.8 Å². The van der Waals surface area contributed by atoms with Gasteiger partial charge >= 0.3 is 0 Å². The van der Waals surface area contributed by atoms with Gasteiger partial charge in [0.15, 0.2) is 0 Å². The highest BCUT2D eigenvalue weighted by molar-refractivity contribution is 6.46. The Hall–Kier alpha value is -3.51. The fraction of sp³-hybridized carbons (Fsp3) is 0.208.